The SMILES string of the molecule is CC(=O)C(Cl)c1ccc(OC(F)F)c(C(F)(F)F)c1. The Morgan fingerprint density at radius 1 is 1.32 bits per heavy atom. The summed E-state index contributed by atoms with van der Waals surface area (Å²) in [5.41, 5.74) is -1.54. The molecule has 19 heavy (non-hydrogen) atoms. The second-order valence-electron chi connectivity index (χ2n) is 3.61. The van der Waals surface area contributed by atoms with E-state index in [4.69, 9.17) is 11.6 Å². The van der Waals surface area contributed by atoms with Gasteiger partial charge in [-0.05, 0) is 24.6 Å². The van der Waals surface area contributed by atoms with Gasteiger partial charge in [-0.1, -0.05) is 6.07 Å². The molecular weight excluding hydrogens is 295 g/mol. The van der Waals surface area contributed by atoms with Crippen LogP contribution in [0, 0.1) is 0 Å². The van der Waals surface area contributed by atoms with Crippen LogP contribution in [0.4, 0.5) is 22.0 Å². The van der Waals surface area contributed by atoms with Gasteiger partial charge in [-0.25, -0.2) is 0 Å². The van der Waals surface area contributed by atoms with Gasteiger partial charge in [0.1, 0.15) is 11.1 Å². The average molecular weight is 303 g/mol. The molecule has 0 radical (unpaired) electrons. The van der Waals surface area contributed by atoms with E-state index in [0.29, 0.717) is 12.1 Å². The molecule has 0 fully saturated rings. The van der Waals surface area contributed by atoms with Crippen molar-refractivity contribution >= 4 is 17.4 Å². The highest BCUT2D eigenvalue weighted by Crippen LogP contribution is 2.39. The third-order valence-electron chi connectivity index (χ3n) is 2.17. The summed E-state index contributed by atoms with van der Waals surface area (Å²) >= 11 is 5.62. The molecule has 0 aliphatic rings. The molecule has 1 unspecified atom stereocenters. The molecule has 0 spiro atoms. The Morgan fingerprint density at radius 3 is 2.32 bits per heavy atom. The van der Waals surface area contributed by atoms with Gasteiger partial charge in [0, 0.05) is 0 Å². The van der Waals surface area contributed by atoms with E-state index in [1.54, 1.807) is 0 Å². The van der Waals surface area contributed by atoms with Crippen LogP contribution < -0.4 is 4.74 Å². The summed E-state index contributed by atoms with van der Waals surface area (Å²) in [6.07, 6.45) is -4.90. The zero-order chi connectivity index (χ0) is 14.8. The molecule has 1 atom stereocenters. The number of halogens is 6. The van der Waals surface area contributed by atoms with Gasteiger partial charge in [0.25, 0.3) is 0 Å². The van der Waals surface area contributed by atoms with Gasteiger partial charge in [0.05, 0.1) is 5.56 Å². The number of alkyl halides is 6. The van der Waals surface area contributed by atoms with E-state index in [0.717, 1.165) is 13.0 Å². The topological polar surface area (TPSA) is 26.3 Å². The van der Waals surface area contributed by atoms with Crippen molar-refractivity contribution in [2.45, 2.75) is 25.1 Å². The number of carbonyl (C=O) groups is 1. The lowest BCUT2D eigenvalue weighted by Crippen LogP contribution is -2.13. The summed E-state index contributed by atoms with van der Waals surface area (Å²) in [7, 11) is 0. The van der Waals surface area contributed by atoms with Crippen molar-refractivity contribution in [2.75, 3.05) is 0 Å². The van der Waals surface area contributed by atoms with Crippen molar-refractivity contribution in [1.29, 1.82) is 0 Å². The third kappa shape index (κ3) is 4.05. The van der Waals surface area contributed by atoms with Crippen LogP contribution in [0.15, 0.2) is 18.2 Å². The summed E-state index contributed by atoms with van der Waals surface area (Å²) in [6.45, 7) is -2.28. The fourth-order valence-electron chi connectivity index (χ4n) is 1.36. The molecule has 1 rings (SSSR count). The maximum atomic E-state index is 12.7. The van der Waals surface area contributed by atoms with Crippen molar-refractivity contribution in [3.8, 4) is 5.75 Å². The van der Waals surface area contributed by atoms with Gasteiger partial charge >= 0.3 is 12.8 Å². The van der Waals surface area contributed by atoms with Crippen molar-refractivity contribution in [3.05, 3.63) is 29.3 Å². The van der Waals surface area contributed by atoms with E-state index in [9.17, 15) is 26.7 Å². The first-order valence-electron chi connectivity index (χ1n) is 4.93. The van der Waals surface area contributed by atoms with E-state index in [2.05, 4.69) is 4.74 Å². The van der Waals surface area contributed by atoms with E-state index in [-0.39, 0.29) is 5.56 Å². The largest absolute Gasteiger partial charge is 0.434 e. The van der Waals surface area contributed by atoms with E-state index < -0.39 is 35.3 Å². The Kier molecular flexibility index (Phi) is 4.73. The van der Waals surface area contributed by atoms with Gasteiger partial charge in [-0.3, -0.25) is 4.79 Å². The monoisotopic (exact) mass is 302 g/mol. The number of rotatable bonds is 4. The van der Waals surface area contributed by atoms with Gasteiger partial charge in [0.15, 0.2) is 5.78 Å². The number of Topliss-reactive ketones (excluding diaryl/α,β-unsaturated/α-hetero) is 1. The molecule has 0 aromatic heterocycles. The van der Waals surface area contributed by atoms with E-state index >= 15 is 0 Å². The number of benzene rings is 1. The van der Waals surface area contributed by atoms with Crippen LogP contribution in [-0.2, 0) is 11.0 Å². The normalized spacial score (nSPS) is 13.5. The van der Waals surface area contributed by atoms with Gasteiger partial charge in [-0.15, -0.1) is 11.6 Å². The minimum atomic E-state index is -4.90. The highest BCUT2D eigenvalue weighted by atomic mass is 35.5. The first-order chi connectivity index (χ1) is 8.62. The Labute approximate surface area is 110 Å². The summed E-state index contributed by atoms with van der Waals surface area (Å²) < 4.78 is 65.9. The Morgan fingerprint density at radius 2 is 1.89 bits per heavy atom. The van der Waals surface area contributed by atoms with Crippen molar-refractivity contribution in [2.24, 2.45) is 0 Å². The fourth-order valence-corrected chi connectivity index (χ4v) is 1.50. The Balaban J connectivity index is 3.27. The van der Waals surface area contributed by atoms with Gasteiger partial charge in [0.2, 0.25) is 0 Å². The van der Waals surface area contributed by atoms with Crippen LogP contribution in [0.5, 0.6) is 5.75 Å². The van der Waals surface area contributed by atoms with E-state index in [1.807, 2.05) is 0 Å². The first kappa shape index (κ1) is 15.7. The molecule has 0 bridgehead atoms. The highest BCUT2D eigenvalue weighted by molar-refractivity contribution is 6.30. The summed E-state index contributed by atoms with van der Waals surface area (Å²) in [5, 5.41) is -1.28. The van der Waals surface area contributed by atoms with Crippen molar-refractivity contribution in [1.82, 2.24) is 0 Å². The molecule has 0 saturated carbocycles. The minimum Gasteiger partial charge on any atom is -0.434 e. The first-order valence-corrected chi connectivity index (χ1v) is 5.37. The second-order valence-corrected chi connectivity index (χ2v) is 4.04. The lowest BCUT2D eigenvalue weighted by atomic mass is 10.0. The number of ether oxygens (including phenoxy) is 1. The summed E-state index contributed by atoms with van der Waals surface area (Å²) in [4.78, 5) is 11.0. The zero-order valence-corrected chi connectivity index (χ0v) is 10.2. The van der Waals surface area contributed by atoms with Crippen molar-refractivity contribution in [3.63, 3.8) is 0 Å². The van der Waals surface area contributed by atoms with Gasteiger partial charge in [-0.2, -0.15) is 22.0 Å². The van der Waals surface area contributed by atoms with Gasteiger partial charge < -0.3 is 4.74 Å². The molecule has 1 aromatic carbocycles. The number of carbonyl (C=O) groups excluding carboxylic acids is 1. The molecule has 0 aliphatic heterocycles. The molecule has 0 amide bonds. The lowest BCUT2D eigenvalue weighted by Gasteiger charge is -2.15. The van der Waals surface area contributed by atoms with Crippen molar-refractivity contribution < 1.29 is 31.5 Å². The standard InChI is InChI=1S/C11H8ClF5O2/c1-5(18)9(12)6-2-3-8(19-10(13)14)7(4-6)11(15,16)17/h2-4,9-10H,1H3. The second kappa shape index (κ2) is 5.73. The predicted molar refractivity (Wildman–Crippen MR) is 57.4 cm³/mol. The molecule has 106 valence electrons. The maximum absolute atomic E-state index is 12.7. The lowest BCUT2D eigenvalue weighted by molar-refractivity contribution is -0.142. The predicted octanol–water partition coefficient (Wildman–Crippen LogP) is 4.18. The quantitative estimate of drug-likeness (QED) is 0.616. The van der Waals surface area contributed by atoms with E-state index in [1.165, 1.54) is 0 Å². The van der Waals surface area contributed by atoms with Crippen LogP contribution in [0.25, 0.3) is 0 Å². The van der Waals surface area contributed by atoms with Crippen LogP contribution >= 0.6 is 11.6 Å². The fraction of sp³-hybridized carbons (Fsp3) is 0.364. The summed E-state index contributed by atoms with van der Waals surface area (Å²) in [5.74, 6) is -1.57. The van der Waals surface area contributed by atoms with Crippen LogP contribution in [-0.4, -0.2) is 12.4 Å². The maximum Gasteiger partial charge on any atom is 0.419 e. The minimum absolute atomic E-state index is 0.136. The molecule has 2 nitrogen and oxygen atoms in total. The molecule has 0 heterocycles. The third-order valence-corrected chi connectivity index (χ3v) is 2.73. The van der Waals surface area contributed by atoms with Crippen LogP contribution in [0.2, 0.25) is 0 Å². The summed E-state index contributed by atoms with van der Waals surface area (Å²) in [6, 6.07) is 2.27. The Bertz CT molecular complexity index is 473. The highest BCUT2D eigenvalue weighted by Gasteiger charge is 2.36. The number of hydrogen-bond donors (Lipinski definition) is 0. The smallest absolute Gasteiger partial charge is 0.419 e. The molecule has 0 N–H and O–H groups in total. The molecule has 0 aliphatic carbocycles. The molecule has 0 saturated heterocycles. The van der Waals surface area contributed by atoms with Crippen LogP contribution in [0.1, 0.15) is 23.4 Å². The Hall–Kier alpha value is -1.37. The molecule has 1 aromatic rings. The average Bonchev–Trinajstić information content (AvgIpc) is 2.26. The molecular formula is C11H8ClF5O2. The zero-order valence-electron chi connectivity index (χ0n) is 9.47. The molecule has 8 heteroatoms. The van der Waals surface area contributed by atoms with Crippen LogP contribution in [0.3, 0.4) is 0 Å². The number of hydrogen-bond acceptors (Lipinski definition) is 2. The number of ketones is 1.